The molecule has 0 aromatic rings. The maximum Gasteiger partial charge on any atom is 0.0746 e. The number of piperidine rings is 1. The summed E-state index contributed by atoms with van der Waals surface area (Å²) in [5.74, 6) is 0.824. The van der Waals surface area contributed by atoms with Crippen LogP contribution in [-0.2, 0) is 4.74 Å². The second-order valence-corrected chi connectivity index (χ2v) is 5.91. The van der Waals surface area contributed by atoms with Crippen LogP contribution in [0.1, 0.15) is 40.5 Å². The molecule has 1 atom stereocenters. The summed E-state index contributed by atoms with van der Waals surface area (Å²) in [5.41, 5.74) is -0.0572. The Morgan fingerprint density at radius 1 is 1.35 bits per heavy atom. The molecule has 3 nitrogen and oxygen atoms in total. The van der Waals surface area contributed by atoms with Crippen molar-refractivity contribution in [3.63, 3.8) is 0 Å². The van der Waals surface area contributed by atoms with Crippen molar-refractivity contribution >= 4 is 0 Å². The summed E-state index contributed by atoms with van der Waals surface area (Å²) in [6.07, 6.45) is 2.66. The molecule has 1 aliphatic heterocycles. The van der Waals surface area contributed by atoms with Gasteiger partial charge in [0.05, 0.1) is 5.60 Å². The molecule has 3 heteroatoms. The van der Waals surface area contributed by atoms with Gasteiger partial charge in [0, 0.05) is 19.7 Å². The second-order valence-electron chi connectivity index (χ2n) is 5.91. The molecule has 1 aliphatic rings. The maximum atomic E-state index is 5.44. The van der Waals surface area contributed by atoms with Gasteiger partial charge in [-0.3, -0.25) is 0 Å². The molecule has 0 saturated carbocycles. The minimum Gasteiger partial charge on any atom is -0.377 e. The van der Waals surface area contributed by atoms with Crippen LogP contribution >= 0.6 is 0 Å². The fraction of sp³-hybridized carbons (Fsp3) is 1.00. The monoisotopic (exact) mass is 242 g/mol. The normalized spacial score (nSPS) is 21.7. The summed E-state index contributed by atoms with van der Waals surface area (Å²) in [5, 5.41) is 3.63. The van der Waals surface area contributed by atoms with Crippen molar-refractivity contribution in [1.29, 1.82) is 0 Å². The molecule has 1 rings (SSSR count). The van der Waals surface area contributed by atoms with Crippen LogP contribution in [0.3, 0.4) is 0 Å². The van der Waals surface area contributed by atoms with Crippen molar-refractivity contribution in [3.8, 4) is 0 Å². The molecule has 1 fully saturated rings. The fourth-order valence-electron chi connectivity index (χ4n) is 2.41. The van der Waals surface area contributed by atoms with E-state index in [0.717, 1.165) is 12.5 Å². The van der Waals surface area contributed by atoms with Gasteiger partial charge < -0.3 is 15.0 Å². The number of ether oxygens (including phenoxy) is 1. The van der Waals surface area contributed by atoms with E-state index in [1.807, 2.05) is 0 Å². The number of hydrogen-bond acceptors (Lipinski definition) is 3. The van der Waals surface area contributed by atoms with Gasteiger partial charge in [-0.2, -0.15) is 0 Å². The Morgan fingerprint density at radius 2 is 1.94 bits per heavy atom. The fourth-order valence-corrected chi connectivity index (χ4v) is 2.41. The van der Waals surface area contributed by atoms with Crippen molar-refractivity contribution in [2.45, 2.75) is 52.2 Å². The molecule has 0 bridgehead atoms. The van der Waals surface area contributed by atoms with Gasteiger partial charge >= 0.3 is 0 Å². The van der Waals surface area contributed by atoms with Crippen LogP contribution < -0.4 is 5.32 Å². The molecule has 1 N–H and O–H groups in total. The van der Waals surface area contributed by atoms with Gasteiger partial charge in [0.25, 0.3) is 0 Å². The third kappa shape index (κ3) is 4.94. The van der Waals surface area contributed by atoms with Crippen molar-refractivity contribution in [1.82, 2.24) is 10.2 Å². The highest BCUT2D eigenvalue weighted by Gasteiger charge is 2.24. The van der Waals surface area contributed by atoms with Crippen molar-refractivity contribution in [3.05, 3.63) is 0 Å². The average Bonchev–Trinajstić information content (AvgIpc) is 2.36. The SMILES string of the molecule is CCN1CCC(C(C)NCC(C)(C)OC)CC1. The lowest BCUT2D eigenvalue weighted by atomic mass is 9.90. The molecule has 0 spiro atoms. The van der Waals surface area contributed by atoms with Crippen LogP contribution in [0.5, 0.6) is 0 Å². The van der Waals surface area contributed by atoms with E-state index in [9.17, 15) is 0 Å². The Balaban J connectivity index is 2.27. The minimum absolute atomic E-state index is 0.0572. The minimum atomic E-state index is -0.0572. The van der Waals surface area contributed by atoms with Gasteiger partial charge in [-0.15, -0.1) is 0 Å². The number of likely N-dealkylation sites (tertiary alicyclic amines) is 1. The van der Waals surface area contributed by atoms with Gasteiger partial charge in [0.2, 0.25) is 0 Å². The van der Waals surface area contributed by atoms with E-state index in [-0.39, 0.29) is 5.60 Å². The molecular weight excluding hydrogens is 212 g/mol. The van der Waals surface area contributed by atoms with E-state index in [1.54, 1.807) is 7.11 Å². The number of rotatable bonds is 6. The molecule has 0 amide bonds. The highest BCUT2D eigenvalue weighted by molar-refractivity contribution is 4.81. The van der Waals surface area contributed by atoms with Crippen molar-refractivity contribution in [2.75, 3.05) is 33.3 Å². The van der Waals surface area contributed by atoms with Crippen LogP contribution in [0.15, 0.2) is 0 Å². The molecule has 102 valence electrons. The lowest BCUT2D eigenvalue weighted by molar-refractivity contribution is 0.0186. The molecule has 0 aromatic heterocycles. The zero-order valence-corrected chi connectivity index (χ0v) is 12.3. The summed E-state index contributed by atoms with van der Waals surface area (Å²) >= 11 is 0. The molecule has 1 heterocycles. The maximum absolute atomic E-state index is 5.44. The third-order valence-electron chi connectivity index (χ3n) is 4.19. The van der Waals surface area contributed by atoms with Crippen molar-refractivity contribution in [2.24, 2.45) is 5.92 Å². The highest BCUT2D eigenvalue weighted by Crippen LogP contribution is 2.20. The summed E-state index contributed by atoms with van der Waals surface area (Å²) in [6.45, 7) is 13.5. The highest BCUT2D eigenvalue weighted by atomic mass is 16.5. The molecule has 1 saturated heterocycles. The average molecular weight is 242 g/mol. The topological polar surface area (TPSA) is 24.5 Å². The van der Waals surface area contributed by atoms with E-state index in [0.29, 0.717) is 6.04 Å². The summed E-state index contributed by atoms with van der Waals surface area (Å²) < 4.78 is 5.44. The van der Waals surface area contributed by atoms with Crippen LogP contribution in [0.4, 0.5) is 0 Å². The first-order chi connectivity index (χ1) is 7.98. The van der Waals surface area contributed by atoms with E-state index < -0.39 is 0 Å². The molecule has 0 aliphatic carbocycles. The number of nitrogens with zero attached hydrogens (tertiary/aromatic N) is 1. The van der Waals surface area contributed by atoms with Crippen LogP contribution in [0, 0.1) is 5.92 Å². The first-order valence-electron chi connectivity index (χ1n) is 6.99. The lowest BCUT2D eigenvalue weighted by Crippen LogP contribution is -2.46. The predicted octanol–water partition coefficient (Wildman–Crippen LogP) is 2.12. The predicted molar refractivity (Wildman–Crippen MR) is 73.4 cm³/mol. The zero-order chi connectivity index (χ0) is 12.9. The van der Waals surface area contributed by atoms with E-state index in [1.165, 1.54) is 32.5 Å². The van der Waals surface area contributed by atoms with E-state index in [4.69, 9.17) is 4.74 Å². The number of methoxy groups -OCH3 is 1. The Bertz CT molecular complexity index is 210. The van der Waals surface area contributed by atoms with Gasteiger partial charge in [-0.25, -0.2) is 0 Å². The van der Waals surface area contributed by atoms with E-state index >= 15 is 0 Å². The van der Waals surface area contributed by atoms with Gasteiger partial charge in [0.15, 0.2) is 0 Å². The van der Waals surface area contributed by atoms with Gasteiger partial charge in [0.1, 0.15) is 0 Å². The quantitative estimate of drug-likeness (QED) is 0.772. The molecular formula is C14H30N2O. The van der Waals surface area contributed by atoms with Crippen LogP contribution in [0.2, 0.25) is 0 Å². The molecule has 0 radical (unpaired) electrons. The van der Waals surface area contributed by atoms with Crippen LogP contribution in [0.25, 0.3) is 0 Å². The summed E-state index contributed by atoms with van der Waals surface area (Å²) in [6, 6.07) is 0.600. The largest absolute Gasteiger partial charge is 0.377 e. The zero-order valence-electron chi connectivity index (χ0n) is 12.3. The van der Waals surface area contributed by atoms with Crippen molar-refractivity contribution < 1.29 is 4.74 Å². The summed E-state index contributed by atoms with van der Waals surface area (Å²) in [4.78, 5) is 2.54. The summed E-state index contributed by atoms with van der Waals surface area (Å²) in [7, 11) is 1.78. The smallest absolute Gasteiger partial charge is 0.0746 e. The van der Waals surface area contributed by atoms with Gasteiger partial charge in [-0.1, -0.05) is 6.92 Å². The first kappa shape index (κ1) is 14.9. The van der Waals surface area contributed by atoms with Gasteiger partial charge in [-0.05, 0) is 59.2 Å². The first-order valence-corrected chi connectivity index (χ1v) is 6.99. The second kappa shape index (κ2) is 6.72. The van der Waals surface area contributed by atoms with Crippen LogP contribution in [-0.4, -0.2) is 49.8 Å². The number of nitrogens with one attached hydrogen (secondary N) is 1. The Hall–Kier alpha value is -0.120. The molecule has 0 aromatic carbocycles. The Kier molecular flexibility index (Phi) is 5.90. The molecule has 1 unspecified atom stereocenters. The Morgan fingerprint density at radius 3 is 2.41 bits per heavy atom. The Labute approximate surface area is 107 Å². The standard InChI is InChI=1S/C14H30N2O/c1-6-16-9-7-13(8-10-16)12(2)15-11-14(3,4)17-5/h12-13,15H,6-11H2,1-5H3. The lowest BCUT2D eigenvalue weighted by Gasteiger charge is -2.36. The molecule has 17 heavy (non-hydrogen) atoms. The third-order valence-corrected chi connectivity index (χ3v) is 4.19. The van der Waals surface area contributed by atoms with E-state index in [2.05, 4.69) is 37.9 Å². The number of hydrogen-bond donors (Lipinski definition) is 1.